The molecule has 0 saturated carbocycles. The maximum absolute atomic E-state index is 4.95. The molecule has 0 spiro atoms. The van der Waals surface area contributed by atoms with Crippen LogP contribution in [-0.2, 0) is 5.41 Å². The minimum absolute atomic E-state index is 0.0306. The van der Waals surface area contributed by atoms with Crippen molar-refractivity contribution < 1.29 is 0 Å². The van der Waals surface area contributed by atoms with Crippen LogP contribution >= 0.6 is 0 Å². The zero-order valence-electron chi connectivity index (χ0n) is 26.3. The fourth-order valence-corrected chi connectivity index (χ4v) is 8.26. The van der Waals surface area contributed by atoms with Crippen LogP contribution in [0, 0.1) is 0 Å². The third-order valence-corrected chi connectivity index (χ3v) is 10.5. The summed E-state index contributed by atoms with van der Waals surface area (Å²) in [4.78, 5) is 9.90. The lowest BCUT2D eigenvalue weighted by Crippen LogP contribution is -2.14. The standard InChI is InChI=1S/C45H30N2/c1-45(2)39-18-9-8-13-31(39)32-21-19-29(24-40(32)45)28-20-22-36-38(23-28)35-16-10-17-37-42(35)41(36)33-14-6-7-15-34(33)43(37)44-46-25-30(26-47-44)27-11-4-3-5-12-27/h3-26H,1-2H3. The second kappa shape index (κ2) is 9.57. The minimum Gasteiger partial charge on any atom is -0.236 e. The Balaban J connectivity index is 1.15. The Kier molecular flexibility index (Phi) is 5.37. The molecule has 0 bridgehead atoms. The highest BCUT2D eigenvalue weighted by atomic mass is 14.9. The smallest absolute Gasteiger partial charge is 0.160 e. The molecule has 220 valence electrons. The van der Waals surface area contributed by atoms with Crippen molar-refractivity contribution in [1.29, 1.82) is 0 Å². The molecule has 2 heteroatoms. The molecule has 7 aromatic carbocycles. The molecule has 0 N–H and O–H groups in total. The molecule has 2 aliphatic rings. The summed E-state index contributed by atoms with van der Waals surface area (Å²) in [5.74, 6) is 0.753. The van der Waals surface area contributed by atoms with Gasteiger partial charge in [-0.3, -0.25) is 0 Å². The number of hydrogen-bond acceptors (Lipinski definition) is 2. The van der Waals surface area contributed by atoms with Gasteiger partial charge in [0.15, 0.2) is 5.82 Å². The molecule has 0 unspecified atom stereocenters. The number of fused-ring (bicyclic) bond motifs is 8. The van der Waals surface area contributed by atoms with Gasteiger partial charge in [-0.25, -0.2) is 9.97 Å². The molecule has 0 radical (unpaired) electrons. The molecular formula is C45H30N2. The number of rotatable bonds is 3. The number of benzene rings is 7. The lowest BCUT2D eigenvalue weighted by Gasteiger charge is -2.22. The molecule has 0 saturated heterocycles. The molecule has 1 heterocycles. The van der Waals surface area contributed by atoms with Crippen molar-refractivity contribution >= 4 is 21.5 Å². The summed E-state index contributed by atoms with van der Waals surface area (Å²) in [6.07, 6.45) is 3.90. The van der Waals surface area contributed by atoms with Gasteiger partial charge in [0, 0.05) is 28.9 Å². The topological polar surface area (TPSA) is 25.8 Å². The third-order valence-electron chi connectivity index (χ3n) is 10.5. The molecule has 8 aromatic rings. The molecule has 10 rings (SSSR count). The second-order valence-electron chi connectivity index (χ2n) is 13.4. The van der Waals surface area contributed by atoms with E-state index in [0.717, 1.165) is 22.5 Å². The highest BCUT2D eigenvalue weighted by Gasteiger charge is 2.35. The average Bonchev–Trinajstić information content (AvgIpc) is 3.58. The molecule has 0 aliphatic heterocycles. The van der Waals surface area contributed by atoms with Crippen LogP contribution in [0.4, 0.5) is 0 Å². The lowest BCUT2D eigenvalue weighted by atomic mass is 9.81. The van der Waals surface area contributed by atoms with Crippen LogP contribution < -0.4 is 0 Å². The first-order valence-electron chi connectivity index (χ1n) is 16.3. The van der Waals surface area contributed by atoms with E-state index in [9.17, 15) is 0 Å². The van der Waals surface area contributed by atoms with Gasteiger partial charge in [-0.1, -0.05) is 135 Å². The first-order chi connectivity index (χ1) is 23.1. The van der Waals surface area contributed by atoms with Crippen LogP contribution in [0.15, 0.2) is 146 Å². The van der Waals surface area contributed by atoms with Crippen molar-refractivity contribution in [2.45, 2.75) is 19.3 Å². The van der Waals surface area contributed by atoms with Gasteiger partial charge >= 0.3 is 0 Å². The molecular weight excluding hydrogens is 569 g/mol. The van der Waals surface area contributed by atoms with Crippen LogP contribution in [0.25, 0.3) is 88.6 Å². The van der Waals surface area contributed by atoms with E-state index >= 15 is 0 Å². The van der Waals surface area contributed by atoms with Crippen LogP contribution in [-0.4, -0.2) is 9.97 Å². The van der Waals surface area contributed by atoms with Crippen LogP contribution in [0.1, 0.15) is 25.0 Å². The van der Waals surface area contributed by atoms with Crippen LogP contribution in [0.2, 0.25) is 0 Å². The summed E-state index contributed by atoms with van der Waals surface area (Å²) in [5.41, 5.74) is 16.4. The summed E-state index contributed by atoms with van der Waals surface area (Å²) in [6.45, 7) is 4.70. The number of aromatic nitrogens is 2. The predicted octanol–water partition coefficient (Wildman–Crippen LogP) is 11.7. The van der Waals surface area contributed by atoms with Gasteiger partial charge in [0.05, 0.1) is 0 Å². The van der Waals surface area contributed by atoms with Gasteiger partial charge in [0.1, 0.15) is 0 Å². The lowest BCUT2D eigenvalue weighted by molar-refractivity contribution is 0.660. The Bertz CT molecular complexity index is 2580. The minimum atomic E-state index is -0.0306. The molecule has 2 nitrogen and oxygen atoms in total. The van der Waals surface area contributed by atoms with E-state index < -0.39 is 0 Å². The molecule has 0 amide bonds. The number of nitrogens with zero attached hydrogens (tertiary/aromatic N) is 2. The summed E-state index contributed by atoms with van der Waals surface area (Å²) >= 11 is 0. The van der Waals surface area contributed by atoms with Crippen LogP contribution in [0.3, 0.4) is 0 Å². The van der Waals surface area contributed by atoms with Gasteiger partial charge in [0.2, 0.25) is 0 Å². The van der Waals surface area contributed by atoms with Crippen molar-refractivity contribution in [3.05, 3.63) is 157 Å². The predicted molar refractivity (Wildman–Crippen MR) is 195 cm³/mol. The Hall–Kier alpha value is -5.86. The molecule has 0 atom stereocenters. The van der Waals surface area contributed by atoms with Gasteiger partial charge in [-0.05, 0) is 94.9 Å². The van der Waals surface area contributed by atoms with Crippen molar-refractivity contribution in [1.82, 2.24) is 9.97 Å². The maximum Gasteiger partial charge on any atom is 0.160 e. The third kappa shape index (κ3) is 3.67. The van der Waals surface area contributed by atoms with Gasteiger partial charge in [-0.2, -0.15) is 0 Å². The van der Waals surface area contributed by atoms with Crippen molar-refractivity contribution in [3.63, 3.8) is 0 Å². The molecule has 2 aliphatic carbocycles. The first kappa shape index (κ1) is 26.4. The second-order valence-corrected chi connectivity index (χ2v) is 13.4. The summed E-state index contributed by atoms with van der Waals surface area (Å²) in [6, 6.07) is 48.7. The Labute approximate surface area is 274 Å². The highest BCUT2D eigenvalue weighted by Crippen LogP contribution is 2.54. The average molecular weight is 599 g/mol. The Morgan fingerprint density at radius 1 is 0.404 bits per heavy atom. The Morgan fingerprint density at radius 3 is 1.83 bits per heavy atom. The van der Waals surface area contributed by atoms with Gasteiger partial charge < -0.3 is 0 Å². The van der Waals surface area contributed by atoms with E-state index in [1.54, 1.807) is 0 Å². The van der Waals surface area contributed by atoms with E-state index in [2.05, 4.69) is 129 Å². The molecule has 0 fully saturated rings. The molecule has 1 aromatic heterocycles. The zero-order valence-corrected chi connectivity index (χ0v) is 26.3. The van der Waals surface area contributed by atoms with Crippen molar-refractivity contribution in [3.8, 4) is 67.0 Å². The monoisotopic (exact) mass is 598 g/mol. The van der Waals surface area contributed by atoms with E-state index in [0.29, 0.717) is 0 Å². The normalized spacial score (nSPS) is 13.5. The highest BCUT2D eigenvalue weighted by molar-refractivity contribution is 6.28. The zero-order chi connectivity index (χ0) is 31.3. The van der Waals surface area contributed by atoms with E-state index in [-0.39, 0.29) is 5.41 Å². The maximum atomic E-state index is 4.95. The van der Waals surface area contributed by atoms with Crippen molar-refractivity contribution in [2.24, 2.45) is 0 Å². The van der Waals surface area contributed by atoms with E-state index in [1.807, 2.05) is 30.6 Å². The molecule has 47 heavy (non-hydrogen) atoms. The summed E-state index contributed by atoms with van der Waals surface area (Å²) < 4.78 is 0. The van der Waals surface area contributed by atoms with Crippen LogP contribution in [0.5, 0.6) is 0 Å². The SMILES string of the molecule is CC1(C)c2ccccc2-c2ccc(-c3ccc4c(c3)-c3cccc5c(-c6ncc(-c7ccccc7)cn6)c6ccccc6c-4c35)cc21. The first-order valence-corrected chi connectivity index (χ1v) is 16.3. The Morgan fingerprint density at radius 2 is 1.02 bits per heavy atom. The number of hydrogen-bond donors (Lipinski definition) is 0. The summed E-state index contributed by atoms with van der Waals surface area (Å²) in [5, 5.41) is 4.90. The largest absolute Gasteiger partial charge is 0.236 e. The fourth-order valence-electron chi connectivity index (χ4n) is 8.26. The van der Waals surface area contributed by atoms with E-state index in [4.69, 9.17) is 9.97 Å². The quantitative estimate of drug-likeness (QED) is 0.189. The summed E-state index contributed by atoms with van der Waals surface area (Å²) in [7, 11) is 0. The fraction of sp³-hybridized carbons (Fsp3) is 0.0667. The van der Waals surface area contributed by atoms with Crippen molar-refractivity contribution in [2.75, 3.05) is 0 Å². The van der Waals surface area contributed by atoms with E-state index in [1.165, 1.54) is 77.2 Å². The van der Waals surface area contributed by atoms with Gasteiger partial charge in [0.25, 0.3) is 0 Å². The van der Waals surface area contributed by atoms with Gasteiger partial charge in [-0.15, -0.1) is 0 Å².